The first-order chi connectivity index (χ1) is 13.2. The van der Waals surface area contributed by atoms with Crippen LogP contribution in [0.4, 0.5) is 0 Å². The van der Waals surface area contributed by atoms with Crippen molar-refractivity contribution in [1.82, 2.24) is 15.2 Å². The van der Waals surface area contributed by atoms with Gasteiger partial charge in [-0.15, -0.1) is 22.7 Å². The van der Waals surface area contributed by atoms with E-state index >= 15 is 0 Å². The Bertz CT molecular complexity index is 895. The van der Waals surface area contributed by atoms with Crippen molar-refractivity contribution in [3.8, 4) is 9.88 Å². The zero-order valence-corrected chi connectivity index (χ0v) is 16.2. The number of aromatic nitrogens is 1. The summed E-state index contributed by atoms with van der Waals surface area (Å²) in [6.45, 7) is 1.57. The molecular weight excluding hydrogens is 382 g/mol. The van der Waals surface area contributed by atoms with Crippen LogP contribution in [0.2, 0.25) is 0 Å². The number of nitrogens with one attached hydrogen (secondary N) is 1. The summed E-state index contributed by atoms with van der Waals surface area (Å²) in [4.78, 5) is 32.2. The number of likely N-dealkylation sites (tertiary alicyclic amines) is 1. The molecule has 1 N–H and O–H groups in total. The highest BCUT2D eigenvalue weighted by Gasteiger charge is 2.28. The Balaban J connectivity index is 1.26. The molecule has 3 aromatic heterocycles. The first kappa shape index (κ1) is 17.9. The van der Waals surface area contributed by atoms with E-state index < -0.39 is 0 Å². The van der Waals surface area contributed by atoms with E-state index in [4.69, 9.17) is 4.42 Å². The lowest BCUT2D eigenvalue weighted by atomic mass is 9.95. The van der Waals surface area contributed by atoms with Crippen molar-refractivity contribution in [2.45, 2.75) is 19.4 Å². The number of nitrogens with zero attached hydrogens (tertiary/aromatic N) is 2. The first-order valence-corrected chi connectivity index (χ1v) is 10.6. The Morgan fingerprint density at radius 2 is 2.07 bits per heavy atom. The van der Waals surface area contributed by atoms with Gasteiger partial charge in [-0.1, -0.05) is 6.07 Å². The van der Waals surface area contributed by atoms with Crippen LogP contribution in [0.15, 0.2) is 45.7 Å². The van der Waals surface area contributed by atoms with E-state index in [0.29, 0.717) is 38.2 Å². The molecule has 0 aromatic carbocycles. The third kappa shape index (κ3) is 4.12. The van der Waals surface area contributed by atoms with Gasteiger partial charge in [0, 0.05) is 24.4 Å². The van der Waals surface area contributed by atoms with Crippen molar-refractivity contribution < 1.29 is 14.0 Å². The minimum atomic E-state index is -0.109. The number of furan rings is 1. The Labute approximate surface area is 164 Å². The predicted molar refractivity (Wildman–Crippen MR) is 105 cm³/mol. The van der Waals surface area contributed by atoms with Gasteiger partial charge < -0.3 is 14.6 Å². The highest BCUT2D eigenvalue weighted by atomic mass is 32.1. The molecule has 0 bridgehead atoms. The van der Waals surface area contributed by atoms with Gasteiger partial charge in [0.1, 0.15) is 5.01 Å². The molecule has 1 saturated heterocycles. The lowest BCUT2D eigenvalue weighted by Crippen LogP contribution is -2.42. The van der Waals surface area contributed by atoms with E-state index in [1.807, 2.05) is 22.9 Å². The fraction of sp³-hybridized carbons (Fsp3) is 0.316. The SMILES string of the molecule is O=C(NCc1csc(-c2cccs2)n1)C1CCN(C(=O)c2ccco2)CC1. The van der Waals surface area contributed by atoms with Crippen LogP contribution in [0.5, 0.6) is 0 Å². The third-order valence-electron chi connectivity index (χ3n) is 4.61. The van der Waals surface area contributed by atoms with E-state index in [0.717, 1.165) is 15.6 Å². The summed E-state index contributed by atoms with van der Waals surface area (Å²) in [5.41, 5.74) is 0.877. The molecule has 0 spiro atoms. The summed E-state index contributed by atoms with van der Waals surface area (Å²) in [7, 11) is 0. The second kappa shape index (κ2) is 8.06. The van der Waals surface area contributed by atoms with Crippen LogP contribution in [0.25, 0.3) is 9.88 Å². The van der Waals surface area contributed by atoms with E-state index in [9.17, 15) is 9.59 Å². The lowest BCUT2D eigenvalue weighted by molar-refractivity contribution is -0.126. The van der Waals surface area contributed by atoms with Crippen molar-refractivity contribution in [3.63, 3.8) is 0 Å². The minimum Gasteiger partial charge on any atom is -0.459 e. The second-order valence-electron chi connectivity index (χ2n) is 6.38. The van der Waals surface area contributed by atoms with Crippen molar-refractivity contribution >= 4 is 34.5 Å². The average molecular weight is 402 g/mol. The zero-order valence-electron chi connectivity index (χ0n) is 14.6. The standard InChI is InChI=1S/C19H19N3O3S2/c23-17(20-11-14-12-27-18(21-14)16-4-2-10-26-16)13-5-7-22(8-6-13)19(24)15-3-1-9-25-15/h1-4,9-10,12-13H,5-8,11H2,(H,20,23). The molecule has 27 heavy (non-hydrogen) atoms. The smallest absolute Gasteiger partial charge is 0.289 e. The van der Waals surface area contributed by atoms with Gasteiger partial charge >= 0.3 is 0 Å². The van der Waals surface area contributed by atoms with Crippen molar-refractivity contribution in [2.24, 2.45) is 5.92 Å². The molecular formula is C19H19N3O3S2. The molecule has 1 fully saturated rings. The number of thiazole rings is 1. The van der Waals surface area contributed by atoms with Gasteiger partial charge in [-0.3, -0.25) is 9.59 Å². The fourth-order valence-corrected chi connectivity index (χ4v) is 4.76. The van der Waals surface area contributed by atoms with Crippen LogP contribution in [0, 0.1) is 5.92 Å². The summed E-state index contributed by atoms with van der Waals surface area (Å²) in [5, 5.41) is 7.99. The molecule has 8 heteroatoms. The Morgan fingerprint density at radius 1 is 1.22 bits per heavy atom. The molecule has 140 valence electrons. The zero-order chi connectivity index (χ0) is 18.6. The monoisotopic (exact) mass is 401 g/mol. The molecule has 4 heterocycles. The lowest BCUT2D eigenvalue weighted by Gasteiger charge is -2.30. The Hall–Kier alpha value is -2.45. The summed E-state index contributed by atoms with van der Waals surface area (Å²) in [6, 6.07) is 7.42. The predicted octanol–water partition coefficient (Wildman–Crippen LogP) is 3.63. The number of amides is 2. The molecule has 0 atom stereocenters. The van der Waals surface area contributed by atoms with Gasteiger partial charge in [0.05, 0.1) is 23.4 Å². The number of hydrogen-bond donors (Lipinski definition) is 1. The number of carbonyl (C=O) groups is 2. The van der Waals surface area contributed by atoms with Crippen molar-refractivity contribution in [2.75, 3.05) is 13.1 Å². The van der Waals surface area contributed by atoms with Gasteiger partial charge in [-0.05, 0) is 36.4 Å². The normalized spacial score (nSPS) is 15.0. The number of carbonyl (C=O) groups excluding carboxylic acids is 2. The van der Waals surface area contributed by atoms with Gasteiger partial charge in [0.25, 0.3) is 5.91 Å². The largest absolute Gasteiger partial charge is 0.459 e. The maximum absolute atomic E-state index is 12.5. The third-order valence-corrected chi connectivity index (χ3v) is 6.54. The molecule has 0 radical (unpaired) electrons. The van der Waals surface area contributed by atoms with E-state index in [1.165, 1.54) is 6.26 Å². The number of thiophene rings is 1. The minimum absolute atomic E-state index is 0.0331. The van der Waals surface area contributed by atoms with Crippen molar-refractivity contribution in [3.05, 3.63) is 52.7 Å². The topological polar surface area (TPSA) is 75.4 Å². The summed E-state index contributed by atoms with van der Waals surface area (Å²) in [6.07, 6.45) is 2.82. The first-order valence-electron chi connectivity index (χ1n) is 8.79. The second-order valence-corrected chi connectivity index (χ2v) is 8.19. The molecule has 1 aliphatic heterocycles. The Morgan fingerprint density at radius 3 is 2.78 bits per heavy atom. The summed E-state index contributed by atoms with van der Waals surface area (Å²) in [5.74, 6) is 0.206. The van der Waals surface area contributed by atoms with Gasteiger partial charge in [-0.25, -0.2) is 4.98 Å². The van der Waals surface area contributed by atoms with Crippen LogP contribution in [-0.4, -0.2) is 34.8 Å². The number of piperidine rings is 1. The van der Waals surface area contributed by atoms with Crippen LogP contribution in [0.1, 0.15) is 29.1 Å². The molecule has 2 amide bonds. The molecule has 4 rings (SSSR count). The molecule has 3 aromatic rings. The molecule has 0 unspecified atom stereocenters. The van der Waals surface area contributed by atoms with E-state index in [1.54, 1.807) is 39.7 Å². The molecule has 0 aliphatic carbocycles. The maximum atomic E-state index is 12.5. The maximum Gasteiger partial charge on any atom is 0.289 e. The summed E-state index contributed by atoms with van der Waals surface area (Å²) < 4.78 is 5.16. The van der Waals surface area contributed by atoms with Crippen molar-refractivity contribution in [1.29, 1.82) is 0 Å². The van der Waals surface area contributed by atoms with E-state index in [2.05, 4.69) is 10.3 Å². The quantitative estimate of drug-likeness (QED) is 0.708. The number of rotatable bonds is 5. The highest BCUT2D eigenvalue weighted by Crippen LogP contribution is 2.27. The van der Waals surface area contributed by atoms with Gasteiger partial charge in [0.15, 0.2) is 5.76 Å². The number of hydrogen-bond acceptors (Lipinski definition) is 6. The fourth-order valence-electron chi connectivity index (χ4n) is 3.12. The molecule has 0 saturated carbocycles. The van der Waals surface area contributed by atoms with Gasteiger partial charge in [-0.2, -0.15) is 0 Å². The summed E-state index contributed by atoms with van der Waals surface area (Å²) >= 11 is 3.25. The van der Waals surface area contributed by atoms with Gasteiger partial charge in [0.2, 0.25) is 5.91 Å². The van der Waals surface area contributed by atoms with Crippen LogP contribution in [0.3, 0.4) is 0 Å². The van der Waals surface area contributed by atoms with E-state index in [-0.39, 0.29) is 17.7 Å². The molecule has 1 aliphatic rings. The highest BCUT2D eigenvalue weighted by molar-refractivity contribution is 7.20. The van der Waals surface area contributed by atoms with Crippen LogP contribution < -0.4 is 5.32 Å². The van der Waals surface area contributed by atoms with Crippen LogP contribution >= 0.6 is 22.7 Å². The van der Waals surface area contributed by atoms with Crippen LogP contribution in [-0.2, 0) is 11.3 Å². The Kier molecular flexibility index (Phi) is 5.35. The average Bonchev–Trinajstić information content (AvgIpc) is 3.47. The molecule has 6 nitrogen and oxygen atoms in total.